The largest absolute Gasteiger partial charge is 0.481 e. The maximum absolute atomic E-state index is 10.2. The van der Waals surface area contributed by atoms with Crippen LogP contribution in [0.5, 0.6) is 0 Å². The van der Waals surface area contributed by atoms with Crippen LogP contribution in [0.2, 0.25) is 0 Å². The highest BCUT2D eigenvalue weighted by Gasteiger charge is 2.19. The van der Waals surface area contributed by atoms with Crippen molar-refractivity contribution in [2.45, 2.75) is 25.0 Å². The van der Waals surface area contributed by atoms with Crippen molar-refractivity contribution in [3.05, 3.63) is 0 Å². The van der Waals surface area contributed by atoms with Gasteiger partial charge in [-0.2, -0.15) is 11.8 Å². The summed E-state index contributed by atoms with van der Waals surface area (Å²) in [5.74, 6) is -0.435. The smallest absolute Gasteiger partial charge is 0.306 e. The number of rotatable bonds is 8. The van der Waals surface area contributed by atoms with E-state index >= 15 is 0 Å². The summed E-state index contributed by atoms with van der Waals surface area (Å²) in [5, 5.41) is 30.2. The molecule has 2 unspecified atom stereocenters. The van der Waals surface area contributed by atoms with Gasteiger partial charge in [-0.15, -0.1) is 0 Å². The normalized spacial score (nSPS) is 17.1. The monoisotopic (exact) mass is 237 g/mol. The van der Waals surface area contributed by atoms with Crippen molar-refractivity contribution in [3.63, 3.8) is 0 Å². The van der Waals surface area contributed by atoms with E-state index in [1.165, 1.54) is 11.8 Å². The molecule has 0 radical (unpaired) electrons. The van der Waals surface area contributed by atoms with Crippen LogP contribution in [0.4, 0.5) is 0 Å². The van der Waals surface area contributed by atoms with Gasteiger partial charge in [0.15, 0.2) is 0 Å². The van der Waals surface area contributed by atoms with Gasteiger partial charge in [0.1, 0.15) is 0 Å². The third-order valence-electron chi connectivity index (χ3n) is 1.75. The Kier molecular flexibility index (Phi) is 6.91. The summed E-state index contributed by atoms with van der Waals surface area (Å²) >= 11 is 1.53. The summed E-state index contributed by atoms with van der Waals surface area (Å²) in [6.45, 7) is 2.21. The van der Waals surface area contributed by atoms with E-state index in [1.807, 2.05) is 6.26 Å². The van der Waals surface area contributed by atoms with Crippen molar-refractivity contribution >= 4 is 17.7 Å². The quantitative estimate of drug-likeness (QED) is 0.456. The molecule has 0 saturated carbocycles. The Labute approximate surface area is 93.9 Å². The molecule has 2 atom stereocenters. The van der Waals surface area contributed by atoms with Gasteiger partial charge in [0.2, 0.25) is 0 Å². The molecule has 6 heteroatoms. The van der Waals surface area contributed by atoms with Crippen LogP contribution in [0, 0.1) is 0 Å². The Balaban J connectivity index is 3.64. The summed E-state index contributed by atoms with van der Waals surface area (Å²) in [7, 11) is 0. The molecular weight excluding hydrogens is 218 g/mol. The fourth-order valence-electron chi connectivity index (χ4n) is 1.14. The minimum absolute atomic E-state index is 0.177. The minimum atomic E-state index is -1.03. The lowest BCUT2D eigenvalue weighted by Crippen LogP contribution is -2.42. The van der Waals surface area contributed by atoms with Crippen LogP contribution in [0.25, 0.3) is 0 Å². The first kappa shape index (κ1) is 14.7. The predicted octanol–water partition coefficient (Wildman–Crippen LogP) is -0.474. The van der Waals surface area contributed by atoms with Crippen LogP contribution in [-0.2, 0) is 4.79 Å². The van der Waals surface area contributed by atoms with Crippen LogP contribution in [-0.4, -0.2) is 58.1 Å². The molecule has 0 aromatic rings. The Morgan fingerprint density at radius 1 is 1.60 bits per heavy atom. The van der Waals surface area contributed by atoms with E-state index in [2.05, 4.69) is 5.32 Å². The number of hydrogen-bond donors (Lipinski definition) is 4. The van der Waals surface area contributed by atoms with Gasteiger partial charge in [0.05, 0.1) is 18.1 Å². The van der Waals surface area contributed by atoms with Gasteiger partial charge in [-0.3, -0.25) is 4.79 Å². The molecule has 0 aliphatic rings. The zero-order valence-electron chi connectivity index (χ0n) is 9.06. The van der Waals surface area contributed by atoms with Crippen LogP contribution in [0.15, 0.2) is 0 Å². The number of aliphatic hydroxyl groups excluding tert-OH is 1. The van der Waals surface area contributed by atoms with E-state index in [0.29, 0.717) is 12.3 Å². The summed E-state index contributed by atoms with van der Waals surface area (Å²) in [4.78, 5) is 10.2. The molecule has 0 fully saturated rings. The molecule has 5 nitrogen and oxygen atoms in total. The highest BCUT2D eigenvalue weighted by Crippen LogP contribution is 2.08. The fraction of sp³-hybridized carbons (Fsp3) is 0.889. The number of nitrogens with one attached hydrogen (secondary N) is 1. The fourth-order valence-corrected chi connectivity index (χ4v) is 1.87. The third kappa shape index (κ3) is 8.68. The van der Waals surface area contributed by atoms with E-state index in [1.54, 1.807) is 6.92 Å². The van der Waals surface area contributed by atoms with Crippen LogP contribution in [0.1, 0.15) is 13.3 Å². The van der Waals surface area contributed by atoms with Crippen LogP contribution < -0.4 is 5.32 Å². The Hall–Kier alpha value is -0.300. The number of carboxylic acid groups (broad SMARTS) is 1. The molecule has 0 aromatic heterocycles. The molecule has 0 aliphatic heterocycles. The number of hydrogen-bond acceptors (Lipinski definition) is 5. The molecule has 4 N–H and O–H groups in total. The second-order valence-electron chi connectivity index (χ2n) is 3.81. The first-order chi connectivity index (χ1) is 6.87. The second-order valence-corrected chi connectivity index (χ2v) is 4.68. The first-order valence-corrected chi connectivity index (χ1v) is 6.08. The standard InChI is InChI=1S/C9H19NO4S/c1-9(14,6-15-2)5-10-4-7(11)3-8(12)13/h7,10-11,14H,3-6H2,1-2H3,(H,12,13). The molecule has 90 valence electrons. The topological polar surface area (TPSA) is 89.8 Å². The van der Waals surface area contributed by atoms with E-state index in [-0.39, 0.29) is 13.0 Å². The second kappa shape index (κ2) is 7.05. The van der Waals surface area contributed by atoms with Gasteiger partial charge in [-0.05, 0) is 13.2 Å². The Morgan fingerprint density at radius 3 is 2.67 bits per heavy atom. The van der Waals surface area contributed by atoms with Crippen molar-refractivity contribution in [1.82, 2.24) is 5.32 Å². The van der Waals surface area contributed by atoms with E-state index in [9.17, 15) is 15.0 Å². The van der Waals surface area contributed by atoms with E-state index < -0.39 is 17.7 Å². The molecule has 0 amide bonds. The molecule has 0 heterocycles. The van der Waals surface area contributed by atoms with Gasteiger partial charge in [-0.1, -0.05) is 0 Å². The van der Waals surface area contributed by atoms with Gasteiger partial charge < -0.3 is 20.6 Å². The number of aliphatic hydroxyl groups is 2. The van der Waals surface area contributed by atoms with Crippen molar-refractivity contribution < 1.29 is 20.1 Å². The number of aliphatic carboxylic acids is 1. The van der Waals surface area contributed by atoms with E-state index in [0.717, 1.165) is 0 Å². The lowest BCUT2D eigenvalue weighted by atomic mass is 10.1. The minimum Gasteiger partial charge on any atom is -0.481 e. The molecule has 0 aliphatic carbocycles. The van der Waals surface area contributed by atoms with Crippen molar-refractivity contribution in [3.8, 4) is 0 Å². The van der Waals surface area contributed by atoms with Crippen molar-refractivity contribution in [1.29, 1.82) is 0 Å². The molecule has 0 bridgehead atoms. The zero-order valence-corrected chi connectivity index (χ0v) is 9.88. The lowest BCUT2D eigenvalue weighted by molar-refractivity contribution is -0.139. The average molecular weight is 237 g/mol. The lowest BCUT2D eigenvalue weighted by Gasteiger charge is -2.23. The SMILES string of the molecule is CSCC(C)(O)CNCC(O)CC(=O)O. The average Bonchev–Trinajstić information content (AvgIpc) is 2.01. The predicted molar refractivity (Wildman–Crippen MR) is 60.1 cm³/mol. The summed E-state index contributed by atoms with van der Waals surface area (Å²) < 4.78 is 0. The van der Waals surface area contributed by atoms with Gasteiger partial charge in [0, 0.05) is 18.8 Å². The van der Waals surface area contributed by atoms with Crippen LogP contribution >= 0.6 is 11.8 Å². The third-order valence-corrected chi connectivity index (χ3v) is 2.66. The number of carbonyl (C=O) groups is 1. The Bertz CT molecular complexity index is 199. The Morgan fingerprint density at radius 2 is 2.20 bits per heavy atom. The zero-order chi connectivity index (χ0) is 11.9. The maximum atomic E-state index is 10.2. The summed E-state index contributed by atoms with van der Waals surface area (Å²) in [6.07, 6.45) is 0.707. The molecule has 15 heavy (non-hydrogen) atoms. The summed E-state index contributed by atoms with van der Waals surface area (Å²) in [6, 6.07) is 0. The molecule has 0 saturated heterocycles. The maximum Gasteiger partial charge on any atom is 0.306 e. The summed E-state index contributed by atoms with van der Waals surface area (Å²) in [5.41, 5.74) is -0.831. The number of thioether (sulfide) groups is 1. The molecule has 0 rings (SSSR count). The van der Waals surface area contributed by atoms with Crippen molar-refractivity contribution in [2.75, 3.05) is 25.1 Å². The first-order valence-electron chi connectivity index (χ1n) is 4.69. The highest BCUT2D eigenvalue weighted by molar-refractivity contribution is 7.98. The molecule has 0 spiro atoms. The number of carboxylic acids is 1. The van der Waals surface area contributed by atoms with Gasteiger partial charge >= 0.3 is 5.97 Å². The van der Waals surface area contributed by atoms with E-state index in [4.69, 9.17) is 5.11 Å². The van der Waals surface area contributed by atoms with Gasteiger partial charge in [0.25, 0.3) is 0 Å². The van der Waals surface area contributed by atoms with Gasteiger partial charge in [-0.25, -0.2) is 0 Å². The van der Waals surface area contributed by atoms with Crippen molar-refractivity contribution in [2.24, 2.45) is 0 Å². The highest BCUT2D eigenvalue weighted by atomic mass is 32.2. The molecular formula is C9H19NO4S. The molecule has 0 aromatic carbocycles. The van der Waals surface area contributed by atoms with Crippen LogP contribution in [0.3, 0.4) is 0 Å².